The average Bonchev–Trinajstić information content (AvgIpc) is 2.86. The van der Waals surface area contributed by atoms with E-state index in [0.717, 1.165) is 10.5 Å². The average molecular weight is 308 g/mol. The number of benzene rings is 1. The smallest absolute Gasteiger partial charge is 0.326 e. The van der Waals surface area contributed by atoms with Gasteiger partial charge in [-0.1, -0.05) is 18.2 Å². The number of aliphatic carboxylic acids is 1. The van der Waals surface area contributed by atoms with Crippen molar-refractivity contribution in [3.63, 3.8) is 0 Å². The number of thioether (sulfide) groups is 1. The van der Waals surface area contributed by atoms with E-state index in [-0.39, 0.29) is 24.7 Å². The van der Waals surface area contributed by atoms with Gasteiger partial charge in [-0.05, 0) is 18.1 Å². The first kappa shape index (κ1) is 15.4. The molecule has 1 aromatic rings. The summed E-state index contributed by atoms with van der Waals surface area (Å²) in [4.78, 5) is 35.2. The molecule has 2 amide bonds. The molecule has 1 aliphatic rings. The summed E-state index contributed by atoms with van der Waals surface area (Å²) >= 11 is 1.58. The minimum Gasteiger partial charge on any atom is -0.480 e. The van der Waals surface area contributed by atoms with Crippen LogP contribution >= 0.6 is 11.8 Å². The van der Waals surface area contributed by atoms with Gasteiger partial charge < -0.3 is 16.2 Å². The molecule has 0 fully saturated rings. The third-order valence-electron chi connectivity index (χ3n) is 3.31. The Labute approximate surface area is 126 Å². The van der Waals surface area contributed by atoms with Crippen LogP contribution in [0.5, 0.6) is 0 Å². The van der Waals surface area contributed by atoms with Crippen LogP contribution in [-0.4, -0.2) is 34.7 Å². The second-order valence-corrected chi connectivity index (χ2v) is 5.87. The Bertz CT molecular complexity index is 576. The van der Waals surface area contributed by atoms with Crippen LogP contribution < -0.4 is 11.1 Å². The minimum absolute atomic E-state index is 0.00207. The molecule has 4 N–H and O–H groups in total. The van der Waals surface area contributed by atoms with Gasteiger partial charge in [0.25, 0.3) is 0 Å². The van der Waals surface area contributed by atoms with E-state index in [1.165, 1.54) is 0 Å². The van der Waals surface area contributed by atoms with Crippen LogP contribution in [0.4, 0.5) is 0 Å². The van der Waals surface area contributed by atoms with Crippen molar-refractivity contribution in [2.45, 2.75) is 29.7 Å². The van der Waals surface area contributed by atoms with Crippen LogP contribution in [0.1, 0.15) is 24.3 Å². The van der Waals surface area contributed by atoms with E-state index in [9.17, 15) is 14.4 Å². The number of nitrogens with one attached hydrogen (secondary N) is 1. The van der Waals surface area contributed by atoms with Gasteiger partial charge in [0, 0.05) is 17.1 Å². The molecule has 0 radical (unpaired) electrons. The maximum absolute atomic E-state index is 12.3. The Hall–Kier alpha value is -2.02. The minimum atomic E-state index is -1.16. The van der Waals surface area contributed by atoms with Crippen LogP contribution in [0.2, 0.25) is 0 Å². The molecular formula is C14H16N2O4S. The summed E-state index contributed by atoms with van der Waals surface area (Å²) < 4.78 is 0. The van der Waals surface area contributed by atoms with Gasteiger partial charge >= 0.3 is 5.97 Å². The second-order valence-electron chi connectivity index (χ2n) is 4.81. The summed E-state index contributed by atoms with van der Waals surface area (Å²) in [5.74, 6) is -1.85. The molecule has 2 rings (SSSR count). The van der Waals surface area contributed by atoms with Gasteiger partial charge in [0.05, 0.1) is 5.92 Å². The molecule has 1 heterocycles. The van der Waals surface area contributed by atoms with Crippen molar-refractivity contribution in [3.8, 4) is 0 Å². The van der Waals surface area contributed by atoms with Crippen LogP contribution in [0.25, 0.3) is 0 Å². The topological polar surface area (TPSA) is 109 Å². The third-order valence-corrected chi connectivity index (χ3v) is 4.49. The summed E-state index contributed by atoms with van der Waals surface area (Å²) in [5, 5.41) is 11.6. The van der Waals surface area contributed by atoms with E-state index in [0.29, 0.717) is 5.75 Å². The maximum atomic E-state index is 12.3. The summed E-state index contributed by atoms with van der Waals surface area (Å²) in [6, 6.07) is 6.47. The molecule has 7 heteroatoms. The lowest BCUT2D eigenvalue weighted by atomic mass is 9.99. The summed E-state index contributed by atoms with van der Waals surface area (Å²) in [6.45, 7) is 0. The zero-order valence-electron chi connectivity index (χ0n) is 11.2. The van der Waals surface area contributed by atoms with Crippen LogP contribution in [-0.2, 0) is 14.4 Å². The fourth-order valence-corrected chi connectivity index (χ4v) is 3.42. The van der Waals surface area contributed by atoms with Gasteiger partial charge in [-0.25, -0.2) is 4.79 Å². The lowest BCUT2D eigenvalue weighted by Crippen LogP contribution is -2.43. The number of primary amides is 1. The van der Waals surface area contributed by atoms with Gasteiger partial charge in [0.1, 0.15) is 6.04 Å². The summed E-state index contributed by atoms with van der Waals surface area (Å²) in [5.41, 5.74) is 5.92. The number of carbonyl (C=O) groups is 3. The Balaban J connectivity index is 2.03. The largest absolute Gasteiger partial charge is 0.480 e. The Morgan fingerprint density at radius 2 is 2.10 bits per heavy atom. The number of fused-ring (bicyclic) bond motifs is 1. The number of carbonyl (C=O) groups excluding carboxylic acids is 2. The lowest BCUT2D eigenvalue weighted by molar-refractivity contribution is -0.142. The third kappa shape index (κ3) is 3.75. The van der Waals surface area contributed by atoms with Crippen molar-refractivity contribution >= 4 is 29.5 Å². The van der Waals surface area contributed by atoms with Crippen LogP contribution in [0.3, 0.4) is 0 Å². The fraction of sp³-hybridized carbons (Fsp3) is 0.357. The van der Waals surface area contributed by atoms with E-state index < -0.39 is 17.9 Å². The number of carboxylic acids is 1. The van der Waals surface area contributed by atoms with Gasteiger partial charge in [-0.3, -0.25) is 9.59 Å². The van der Waals surface area contributed by atoms with E-state index in [1.54, 1.807) is 11.8 Å². The standard InChI is InChI=1S/C14H16N2O4S/c15-12(17)6-5-10(14(19)20)16-13(18)9-7-21-11-4-2-1-3-8(9)11/h1-4,9-10H,5-7H2,(H2,15,17)(H,16,18)(H,19,20). The highest BCUT2D eigenvalue weighted by Crippen LogP contribution is 2.39. The predicted molar refractivity (Wildman–Crippen MR) is 77.9 cm³/mol. The molecule has 0 saturated carbocycles. The van der Waals surface area contributed by atoms with Crippen molar-refractivity contribution in [2.75, 3.05) is 5.75 Å². The number of hydrogen-bond donors (Lipinski definition) is 3. The van der Waals surface area contributed by atoms with Gasteiger partial charge in [-0.2, -0.15) is 0 Å². The molecule has 0 aliphatic carbocycles. The molecule has 6 nitrogen and oxygen atoms in total. The molecule has 2 atom stereocenters. The molecule has 0 bridgehead atoms. The quantitative estimate of drug-likeness (QED) is 0.717. The zero-order chi connectivity index (χ0) is 15.4. The first-order valence-corrected chi connectivity index (χ1v) is 7.51. The second kappa shape index (κ2) is 6.62. The zero-order valence-corrected chi connectivity index (χ0v) is 12.1. The van der Waals surface area contributed by atoms with Crippen molar-refractivity contribution in [1.29, 1.82) is 0 Å². The molecule has 1 aromatic carbocycles. The number of hydrogen-bond acceptors (Lipinski definition) is 4. The van der Waals surface area contributed by atoms with E-state index in [2.05, 4.69) is 5.32 Å². The number of nitrogens with two attached hydrogens (primary N) is 1. The van der Waals surface area contributed by atoms with Gasteiger partial charge in [-0.15, -0.1) is 11.8 Å². The van der Waals surface area contributed by atoms with Gasteiger partial charge in [0.2, 0.25) is 11.8 Å². The molecular weight excluding hydrogens is 292 g/mol. The highest BCUT2D eigenvalue weighted by molar-refractivity contribution is 7.99. The molecule has 1 aliphatic heterocycles. The number of amides is 2. The Morgan fingerprint density at radius 1 is 1.38 bits per heavy atom. The lowest BCUT2D eigenvalue weighted by Gasteiger charge is -2.17. The van der Waals surface area contributed by atoms with E-state index in [1.807, 2.05) is 24.3 Å². The van der Waals surface area contributed by atoms with Gasteiger partial charge in [0.15, 0.2) is 0 Å². The Morgan fingerprint density at radius 3 is 2.76 bits per heavy atom. The van der Waals surface area contributed by atoms with E-state index >= 15 is 0 Å². The van der Waals surface area contributed by atoms with E-state index in [4.69, 9.17) is 10.8 Å². The highest BCUT2D eigenvalue weighted by atomic mass is 32.2. The van der Waals surface area contributed by atoms with Crippen molar-refractivity contribution in [1.82, 2.24) is 5.32 Å². The molecule has 0 spiro atoms. The SMILES string of the molecule is NC(=O)CCC(NC(=O)C1CSc2ccccc21)C(=O)O. The molecule has 21 heavy (non-hydrogen) atoms. The van der Waals surface area contributed by atoms with Crippen molar-refractivity contribution in [3.05, 3.63) is 29.8 Å². The highest BCUT2D eigenvalue weighted by Gasteiger charge is 2.31. The van der Waals surface area contributed by atoms with Crippen molar-refractivity contribution < 1.29 is 19.5 Å². The normalized spacial score (nSPS) is 17.8. The maximum Gasteiger partial charge on any atom is 0.326 e. The summed E-state index contributed by atoms with van der Waals surface area (Å²) in [6.07, 6.45) is -0.0782. The Kier molecular flexibility index (Phi) is 4.85. The monoisotopic (exact) mass is 308 g/mol. The number of carboxylic acid groups (broad SMARTS) is 1. The van der Waals surface area contributed by atoms with Crippen LogP contribution in [0.15, 0.2) is 29.2 Å². The first-order valence-electron chi connectivity index (χ1n) is 6.52. The fourth-order valence-electron chi connectivity index (χ4n) is 2.20. The molecule has 112 valence electrons. The first-order chi connectivity index (χ1) is 9.99. The molecule has 0 aromatic heterocycles. The van der Waals surface area contributed by atoms with Crippen LogP contribution in [0, 0.1) is 0 Å². The predicted octanol–water partition coefficient (Wildman–Crippen LogP) is 0.711. The number of rotatable bonds is 6. The molecule has 0 saturated heterocycles. The summed E-state index contributed by atoms with van der Waals surface area (Å²) in [7, 11) is 0. The molecule has 2 unspecified atom stereocenters. The van der Waals surface area contributed by atoms with Crippen molar-refractivity contribution in [2.24, 2.45) is 5.73 Å².